The molecule has 102 valence electrons. The number of nitrogens with zero attached hydrogens (tertiary/aromatic N) is 1. The van der Waals surface area contributed by atoms with Crippen LogP contribution in [0, 0.1) is 0 Å². The monoisotopic (exact) mass is 262 g/mol. The highest BCUT2D eigenvalue weighted by molar-refractivity contribution is 5.49. The van der Waals surface area contributed by atoms with Gasteiger partial charge in [0.05, 0.1) is 0 Å². The molecule has 18 heavy (non-hydrogen) atoms. The molecule has 0 aliphatic heterocycles. The lowest BCUT2D eigenvalue weighted by molar-refractivity contribution is -0.196. The van der Waals surface area contributed by atoms with Gasteiger partial charge in [0, 0.05) is 32.3 Å². The molecule has 1 aromatic rings. The number of anilines is 1. The number of hydrogen-bond acceptors (Lipinski definition) is 3. The molecule has 0 aliphatic rings. The van der Waals surface area contributed by atoms with Crippen molar-refractivity contribution in [2.45, 2.75) is 18.7 Å². The van der Waals surface area contributed by atoms with E-state index in [1.807, 2.05) is 0 Å². The van der Waals surface area contributed by atoms with E-state index in [0.29, 0.717) is 0 Å². The van der Waals surface area contributed by atoms with Crippen molar-refractivity contribution in [1.82, 2.24) is 0 Å². The highest BCUT2D eigenvalue weighted by atomic mass is 19.4. The molecular weight excluding hydrogens is 245 g/mol. The van der Waals surface area contributed by atoms with Crippen LogP contribution in [0.4, 0.5) is 18.9 Å². The number of benzene rings is 1. The molecule has 3 nitrogen and oxygen atoms in total. The Morgan fingerprint density at radius 2 is 2.00 bits per heavy atom. The Balaban J connectivity index is 2.84. The van der Waals surface area contributed by atoms with Crippen molar-refractivity contribution in [3.05, 3.63) is 24.3 Å². The Bertz CT molecular complexity index is 380. The van der Waals surface area contributed by atoms with Gasteiger partial charge in [0.25, 0.3) is 0 Å². The van der Waals surface area contributed by atoms with Crippen LogP contribution in [0.15, 0.2) is 24.3 Å². The summed E-state index contributed by atoms with van der Waals surface area (Å²) in [7, 11) is 3.61. The zero-order valence-corrected chi connectivity index (χ0v) is 10.4. The van der Waals surface area contributed by atoms with Crippen molar-refractivity contribution >= 4 is 5.69 Å². The summed E-state index contributed by atoms with van der Waals surface area (Å²) in [6.07, 6.45) is -6.52. The molecule has 0 aliphatic carbocycles. The first-order valence-electron chi connectivity index (χ1n) is 5.55. The Kier molecular flexibility index (Phi) is 4.84. The third-order valence-corrected chi connectivity index (χ3v) is 2.41. The summed E-state index contributed by atoms with van der Waals surface area (Å²) in [6.45, 7) is -0.0719. The molecule has 0 radical (unpaired) electrons. The predicted molar refractivity (Wildman–Crippen MR) is 64.9 cm³/mol. The minimum absolute atomic E-state index is 0.0719. The molecule has 0 bridgehead atoms. The molecule has 1 atom stereocenters. The maximum Gasteiger partial charge on any atom is 0.425 e. The largest absolute Gasteiger partial charge is 0.481 e. The van der Waals surface area contributed by atoms with Crippen molar-refractivity contribution < 1.29 is 17.9 Å². The van der Waals surface area contributed by atoms with Crippen molar-refractivity contribution in [1.29, 1.82) is 0 Å². The Morgan fingerprint density at radius 3 is 2.50 bits per heavy atom. The second-order valence-electron chi connectivity index (χ2n) is 4.12. The van der Waals surface area contributed by atoms with Crippen LogP contribution in [-0.4, -0.2) is 32.9 Å². The summed E-state index contributed by atoms with van der Waals surface area (Å²) in [6, 6.07) is 6.51. The number of nitrogens with two attached hydrogens (primary N) is 1. The molecule has 1 unspecified atom stereocenters. The van der Waals surface area contributed by atoms with Gasteiger partial charge in [-0.05, 0) is 18.7 Å². The fourth-order valence-electron chi connectivity index (χ4n) is 1.44. The predicted octanol–water partition coefficient (Wildman–Crippen LogP) is 2.41. The van der Waals surface area contributed by atoms with E-state index >= 15 is 0 Å². The second kappa shape index (κ2) is 5.95. The summed E-state index contributed by atoms with van der Waals surface area (Å²) in [5, 5.41) is 0. The summed E-state index contributed by atoms with van der Waals surface area (Å²) < 4.78 is 43.0. The Labute approximate surface area is 104 Å². The quantitative estimate of drug-likeness (QED) is 0.885. The van der Waals surface area contributed by atoms with Crippen LogP contribution in [0.5, 0.6) is 5.75 Å². The van der Waals surface area contributed by atoms with Gasteiger partial charge in [0.1, 0.15) is 5.75 Å². The molecule has 0 fully saturated rings. The van der Waals surface area contributed by atoms with E-state index in [2.05, 4.69) is 0 Å². The number of hydrogen-bond donors (Lipinski definition) is 1. The molecule has 0 spiro atoms. The third kappa shape index (κ3) is 4.10. The lowest BCUT2D eigenvalue weighted by atomic mass is 10.2. The maximum absolute atomic E-state index is 12.7. The van der Waals surface area contributed by atoms with Crippen molar-refractivity contribution in [3.8, 4) is 5.75 Å². The molecule has 0 aromatic heterocycles. The zero-order valence-electron chi connectivity index (χ0n) is 10.4. The molecule has 1 aromatic carbocycles. The highest BCUT2D eigenvalue weighted by Crippen LogP contribution is 2.28. The number of rotatable bonds is 5. The summed E-state index contributed by atoms with van der Waals surface area (Å²) in [5.41, 5.74) is 5.95. The third-order valence-electron chi connectivity index (χ3n) is 2.41. The fraction of sp³-hybridized carbons (Fsp3) is 0.500. The van der Waals surface area contributed by atoms with E-state index in [1.54, 1.807) is 37.2 Å². The zero-order chi connectivity index (χ0) is 13.8. The smallest absolute Gasteiger partial charge is 0.425 e. The standard InChI is InChI=1S/C12H17F3N2O/c1-17(2)9-4-3-5-10(8-9)18-11(6-7-16)12(13,14)15/h3-5,8,11H,6-7,16H2,1-2H3. The van der Waals surface area contributed by atoms with Crippen LogP contribution in [-0.2, 0) is 0 Å². The summed E-state index contributed by atoms with van der Waals surface area (Å²) >= 11 is 0. The van der Waals surface area contributed by atoms with Gasteiger partial charge in [-0.3, -0.25) is 0 Å². The molecule has 2 N–H and O–H groups in total. The van der Waals surface area contributed by atoms with E-state index < -0.39 is 12.3 Å². The Morgan fingerprint density at radius 1 is 1.33 bits per heavy atom. The average molecular weight is 262 g/mol. The van der Waals surface area contributed by atoms with Crippen molar-refractivity contribution in [2.24, 2.45) is 5.73 Å². The van der Waals surface area contributed by atoms with Crippen LogP contribution in [0.1, 0.15) is 6.42 Å². The van der Waals surface area contributed by atoms with Gasteiger partial charge in [-0.2, -0.15) is 13.2 Å². The molecule has 0 saturated carbocycles. The number of alkyl halides is 3. The van der Waals surface area contributed by atoms with E-state index in [4.69, 9.17) is 10.5 Å². The van der Waals surface area contributed by atoms with E-state index in [1.165, 1.54) is 6.07 Å². The molecule has 0 saturated heterocycles. The second-order valence-corrected chi connectivity index (χ2v) is 4.12. The van der Waals surface area contributed by atoms with Crippen molar-refractivity contribution in [3.63, 3.8) is 0 Å². The van der Waals surface area contributed by atoms with E-state index in [0.717, 1.165) is 5.69 Å². The lowest BCUT2D eigenvalue weighted by Crippen LogP contribution is -2.36. The lowest BCUT2D eigenvalue weighted by Gasteiger charge is -2.22. The van der Waals surface area contributed by atoms with Gasteiger partial charge < -0.3 is 15.4 Å². The average Bonchev–Trinajstić information content (AvgIpc) is 2.27. The SMILES string of the molecule is CN(C)c1cccc(OC(CCN)C(F)(F)F)c1. The topological polar surface area (TPSA) is 38.5 Å². The minimum atomic E-state index is -4.41. The number of halogens is 3. The first kappa shape index (κ1) is 14.6. The molecular formula is C12H17F3N2O. The van der Waals surface area contributed by atoms with E-state index in [-0.39, 0.29) is 18.7 Å². The summed E-state index contributed by atoms with van der Waals surface area (Å²) in [4.78, 5) is 1.79. The normalized spacial score (nSPS) is 13.2. The fourth-order valence-corrected chi connectivity index (χ4v) is 1.44. The van der Waals surface area contributed by atoms with Gasteiger partial charge in [0.15, 0.2) is 6.10 Å². The van der Waals surface area contributed by atoms with E-state index in [9.17, 15) is 13.2 Å². The van der Waals surface area contributed by atoms with Gasteiger partial charge in [0.2, 0.25) is 0 Å². The molecule has 0 amide bonds. The minimum Gasteiger partial charge on any atom is -0.481 e. The van der Waals surface area contributed by atoms with Crippen LogP contribution >= 0.6 is 0 Å². The number of ether oxygens (including phenoxy) is 1. The molecule has 6 heteroatoms. The van der Waals surface area contributed by atoms with Gasteiger partial charge >= 0.3 is 6.18 Å². The Hall–Kier alpha value is -1.43. The van der Waals surface area contributed by atoms with Crippen LogP contribution in [0.2, 0.25) is 0 Å². The van der Waals surface area contributed by atoms with Gasteiger partial charge in [-0.15, -0.1) is 0 Å². The van der Waals surface area contributed by atoms with Crippen LogP contribution < -0.4 is 15.4 Å². The highest BCUT2D eigenvalue weighted by Gasteiger charge is 2.41. The van der Waals surface area contributed by atoms with Crippen LogP contribution in [0.25, 0.3) is 0 Å². The van der Waals surface area contributed by atoms with Crippen molar-refractivity contribution in [2.75, 3.05) is 25.5 Å². The first-order valence-corrected chi connectivity index (χ1v) is 5.55. The maximum atomic E-state index is 12.7. The van der Waals surface area contributed by atoms with Crippen LogP contribution in [0.3, 0.4) is 0 Å². The summed E-state index contributed by atoms with van der Waals surface area (Å²) in [5.74, 6) is 0.192. The molecule has 1 rings (SSSR count). The molecule has 0 heterocycles. The van der Waals surface area contributed by atoms with Gasteiger partial charge in [-0.25, -0.2) is 0 Å². The van der Waals surface area contributed by atoms with Gasteiger partial charge in [-0.1, -0.05) is 6.07 Å². The first-order chi connectivity index (χ1) is 8.34.